The first-order valence-corrected chi connectivity index (χ1v) is 10.0. The smallest absolute Gasteiger partial charge is 0.214 e. The van der Waals surface area contributed by atoms with E-state index in [1.165, 1.54) is 12.1 Å². The second-order valence-electron chi connectivity index (χ2n) is 7.72. The monoisotopic (exact) mass is 397 g/mol. The molecule has 1 aliphatic heterocycles. The topological polar surface area (TPSA) is 58.4 Å². The fourth-order valence-electron chi connectivity index (χ4n) is 3.98. The standard InChI is InChI=1S/C23H28FN3O2/c1-3-29-17-23(9-8-18-4-6-21(24)7-5-18)10-11-27(16-23)15-20-14-26-22(28-2)12-19(20)13-25/h4-7,12,14H,3,8-11,15-17H2,1-2H3/t23-/m1/s1. The van der Waals surface area contributed by atoms with E-state index >= 15 is 0 Å². The number of halogens is 1. The Balaban J connectivity index is 1.67. The number of benzene rings is 1. The summed E-state index contributed by atoms with van der Waals surface area (Å²) in [6.45, 7) is 5.97. The summed E-state index contributed by atoms with van der Waals surface area (Å²) in [5, 5.41) is 9.46. The van der Waals surface area contributed by atoms with Gasteiger partial charge in [-0.1, -0.05) is 12.1 Å². The van der Waals surface area contributed by atoms with Crippen molar-refractivity contribution in [3.63, 3.8) is 0 Å². The Morgan fingerprint density at radius 2 is 2.10 bits per heavy atom. The minimum Gasteiger partial charge on any atom is -0.481 e. The van der Waals surface area contributed by atoms with Crippen molar-refractivity contribution < 1.29 is 13.9 Å². The van der Waals surface area contributed by atoms with Crippen molar-refractivity contribution >= 4 is 0 Å². The Morgan fingerprint density at radius 1 is 1.31 bits per heavy atom. The molecule has 0 aliphatic carbocycles. The molecular weight excluding hydrogens is 369 g/mol. The van der Waals surface area contributed by atoms with Crippen LogP contribution in [0.3, 0.4) is 0 Å². The van der Waals surface area contributed by atoms with Crippen LogP contribution in [0.25, 0.3) is 0 Å². The van der Waals surface area contributed by atoms with Crippen molar-refractivity contribution in [1.82, 2.24) is 9.88 Å². The van der Waals surface area contributed by atoms with Gasteiger partial charge in [0.1, 0.15) is 5.82 Å². The summed E-state index contributed by atoms with van der Waals surface area (Å²) in [6.07, 6.45) is 4.66. The molecule has 0 bridgehead atoms. The zero-order chi connectivity index (χ0) is 20.7. The van der Waals surface area contributed by atoms with Crippen LogP contribution in [0.2, 0.25) is 0 Å². The molecule has 1 aromatic carbocycles. The van der Waals surface area contributed by atoms with E-state index in [-0.39, 0.29) is 11.2 Å². The van der Waals surface area contributed by atoms with E-state index in [1.807, 2.05) is 19.1 Å². The summed E-state index contributed by atoms with van der Waals surface area (Å²) in [6, 6.07) is 10.7. The summed E-state index contributed by atoms with van der Waals surface area (Å²) in [4.78, 5) is 6.63. The molecule has 0 amide bonds. The first-order valence-electron chi connectivity index (χ1n) is 10.0. The number of methoxy groups -OCH3 is 1. The summed E-state index contributed by atoms with van der Waals surface area (Å²) >= 11 is 0. The SMILES string of the molecule is CCOC[C@]1(CCc2ccc(F)cc2)CCN(Cc2cnc(OC)cc2C#N)C1. The van der Waals surface area contributed by atoms with Gasteiger partial charge in [-0.3, -0.25) is 4.90 Å². The van der Waals surface area contributed by atoms with Gasteiger partial charge in [-0.15, -0.1) is 0 Å². The summed E-state index contributed by atoms with van der Waals surface area (Å²) in [5.74, 6) is 0.253. The first-order chi connectivity index (χ1) is 14.1. The molecular formula is C23H28FN3O2. The summed E-state index contributed by atoms with van der Waals surface area (Å²) in [5.41, 5.74) is 2.73. The van der Waals surface area contributed by atoms with Crippen LogP contribution in [0, 0.1) is 22.6 Å². The molecule has 1 aliphatic rings. The molecule has 2 heterocycles. The molecule has 5 nitrogen and oxygen atoms in total. The zero-order valence-corrected chi connectivity index (χ0v) is 17.2. The van der Waals surface area contributed by atoms with Gasteiger partial charge in [-0.25, -0.2) is 9.37 Å². The first kappa shape index (κ1) is 21.2. The van der Waals surface area contributed by atoms with Gasteiger partial charge in [-0.2, -0.15) is 5.26 Å². The lowest BCUT2D eigenvalue weighted by molar-refractivity contribution is 0.0489. The fraction of sp³-hybridized carbons (Fsp3) is 0.478. The van der Waals surface area contributed by atoms with E-state index in [1.54, 1.807) is 19.4 Å². The van der Waals surface area contributed by atoms with Crippen molar-refractivity contribution in [2.75, 3.05) is 33.4 Å². The van der Waals surface area contributed by atoms with Gasteiger partial charge in [0.25, 0.3) is 0 Å². The highest BCUT2D eigenvalue weighted by Gasteiger charge is 2.38. The largest absolute Gasteiger partial charge is 0.481 e. The molecule has 154 valence electrons. The van der Waals surface area contributed by atoms with Crippen LogP contribution < -0.4 is 4.74 Å². The second kappa shape index (κ2) is 9.82. The molecule has 0 unspecified atom stereocenters. The van der Waals surface area contributed by atoms with Crippen molar-refractivity contribution in [1.29, 1.82) is 5.26 Å². The van der Waals surface area contributed by atoms with E-state index in [9.17, 15) is 9.65 Å². The molecule has 0 radical (unpaired) electrons. The van der Waals surface area contributed by atoms with Crippen molar-refractivity contribution in [2.45, 2.75) is 32.7 Å². The van der Waals surface area contributed by atoms with Crippen molar-refractivity contribution in [2.24, 2.45) is 5.41 Å². The molecule has 0 saturated carbocycles. The average Bonchev–Trinajstić information content (AvgIpc) is 3.15. The highest BCUT2D eigenvalue weighted by atomic mass is 19.1. The number of rotatable bonds is 9. The van der Waals surface area contributed by atoms with Crippen molar-refractivity contribution in [3.8, 4) is 11.9 Å². The van der Waals surface area contributed by atoms with Crippen LogP contribution in [-0.2, 0) is 17.7 Å². The normalized spacial score (nSPS) is 19.2. The fourth-order valence-corrected chi connectivity index (χ4v) is 3.98. The van der Waals surface area contributed by atoms with Gasteiger partial charge >= 0.3 is 0 Å². The van der Waals surface area contributed by atoms with Crippen LogP contribution >= 0.6 is 0 Å². The van der Waals surface area contributed by atoms with Gasteiger partial charge < -0.3 is 9.47 Å². The average molecular weight is 397 g/mol. The lowest BCUT2D eigenvalue weighted by Gasteiger charge is -2.29. The number of aromatic nitrogens is 1. The van der Waals surface area contributed by atoms with Gasteiger partial charge in [-0.05, 0) is 50.4 Å². The molecule has 1 saturated heterocycles. The number of nitrogens with zero attached hydrogens (tertiary/aromatic N) is 3. The molecule has 0 N–H and O–H groups in total. The Labute approximate surface area is 172 Å². The van der Waals surface area contributed by atoms with Crippen LogP contribution in [0.15, 0.2) is 36.5 Å². The Kier molecular flexibility index (Phi) is 7.18. The molecule has 1 atom stereocenters. The third-order valence-corrected chi connectivity index (χ3v) is 5.67. The zero-order valence-electron chi connectivity index (χ0n) is 17.2. The number of nitriles is 1. The van der Waals surface area contributed by atoms with Gasteiger partial charge in [0.05, 0.1) is 25.3 Å². The van der Waals surface area contributed by atoms with Crippen LogP contribution in [0.4, 0.5) is 4.39 Å². The van der Waals surface area contributed by atoms with Crippen molar-refractivity contribution in [3.05, 3.63) is 59.0 Å². The molecule has 6 heteroatoms. The predicted octanol–water partition coefficient (Wildman–Crippen LogP) is 3.96. The lowest BCUT2D eigenvalue weighted by atomic mass is 9.82. The van der Waals surface area contributed by atoms with Gasteiger partial charge in [0, 0.05) is 42.9 Å². The van der Waals surface area contributed by atoms with E-state index in [0.717, 1.165) is 43.5 Å². The van der Waals surface area contributed by atoms with E-state index in [2.05, 4.69) is 16.0 Å². The summed E-state index contributed by atoms with van der Waals surface area (Å²) < 4.78 is 24.1. The number of ether oxygens (including phenoxy) is 2. The van der Waals surface area contributed by atoms with E-state index in [4.69, 9.17) is 9.47 Å². The van der Waals surface area contributed by atoms with Crippen LogP contribution in [0.5, 0.6) is 5.88 Å². The Morgan fingerprint density at radius 3 is 2.79 bits per heavy atom. The maximum atomic E-state index is 13.2. The minimum atomic E-state index is -0.203. The van der Waals surface area contributed by atoms with E-state index in [0.29, 0.717) is 31.2 Å². The third kappa shape index (κ3) is 5.53. The van der Waals surface area contributed by atoms with E-state index < -0.39 is 0 Å². The molecule has 2 aromatic rings. The maximum Gasteiger partial charge on any atom is 0.214 e. The summed E-state index contributed by atoms with van der Waals surface area (Å²) in [7, 11) is 1.55. The highest BCUT2D eigenvalue weighted by Crippen LogP contribution is 2.36. The molecule has 1 fully saturated rings. The second-order valence-corrected chi connectivity index (χ2v) is 7.72. The van der Waals surface area contributed by atoms with Gasteiger partial charge in [0.15, 0.2) is 0 Å². The number of aryl methyl sites for hydroxylation is 1. The number of hydrogen-bond acceptors (Lipinski definition) is 5. The molecule has 0 spiro atoms. The minimum absolute atomic E-state index is 0.0666. The quantitative estimate of drug-likeness (QED) is 0.641. The number of pyridine rings is 1. The van der Waals surface area contributed by atoms with Crippen LogP contribution in [-0.4, -0.2) is 43.3 Å². The van der Waals surface area contributed by atoms with Gasteiger partial charge in [0.2, 0.25) is 5.88 Å². The third-order valence-electron chi connectivity index (χ3n) is 5.67. The van der Waals surface area contributed by atoms with Crippen LogP contribution in [0.1, 0.15) is 36.5 Å². The Bertz CT molecular complexity index is 850. The lowest BCUT2D eigenvalue weighted by Crippen LogP contribution is -2.32. The molecule has 3 rings (SSSR count). The molecule has 1 aromatic heterocycles. The highest BCUT2D eigenvalue weighted by molar-refractivity contribution is 5.39. The predicted molar refractivity (Wildman–Crippen MR) is 109 cm³/mol. The Hall–Kier alpha value is -2.49. The number of likely N-dealkylation sites (tertiary alicyclic amines) is 1. The molecule has 29 heavy (non-hydrogen) atoms. The maximum absolute atomic E-state index is 13.2. The number of hydrogen-bond donors (Lipinski definition) is 0.